The van der Waals surface area contributed by atoms with E-state index < -0.39 is 53.1 Å². The number of nitrogens with one attached hydrogen (secondary N) is 2. The van der Waals surface area contributed by atoms with Crippen LogP contribution in [-0.4, -0.2) is 32.7 Å². The Bertz CT molecular complexity index is 1170. The monoisotopic (exact) mass is 477 g/mol. The topological polar surface area (TPSA) is 90.4 Å². The van der Waals surface area contributed by atoms with Gasteiger partial charge in [0.2, 0.25) is 5.95 Å². The fraction of sp³-hybridized carbons (Fsp3) is 0.261. The van der Waals surface area contributed by atoms with Gasteiger partial charge in [-0.15, -0.1) is 0 Å². The largest absolute Gasteiger partial charge is 0.388 e. The lowest BCUT2D eigenvalue weighted by atomic mass is 10.0. The van der Waals surface area contributed by atoms with E-state index >= 15 is 0 Å². The Labute approximate surface area is 193 Å². The van der Waals surface area contributed by atoms with E-state index in [0.717, 1.165) is 23.1 Å². The van der Waals surface area contributed by atoms with Crippen LogP contribution in [0.3, 0.4) is 0 Å². The molecule has 0 saturated heterocycles. The predicted octanol–water partition coefficient (Wildman–Crippen LogP) is 4.65. The van der Waals surface area contributed by atoms with Crippen LogP contribution in [0.2, 0.25) is 0 Å². The minimum atomic E-state index is -1.41. The number of aromatic nitrogens is 2. The van der Waals surface area contributed by atoms with Crippen molar-refractivity contribution in [3.8, 4) is 0 Å². The van der Waals surface area contributed by atoms with E-state index in [1.807, 2.05) is 0 Å². The average molecular weight is 477 g/mol. The normalized spacial score (nSPS) is 12.2. The van der Waals surface area contributed by atoms with Crippen molar-refractivity contribution in [3.63, 3.8) is 0 Å². The molecule has 0 spiro atoms. The second kappa shape index (κ2) is 10.0. The van der Waals surface area contributed by atoms with Crippen molar-refractivity contribution in [2.45, 2.75) is 39.0 Å². The number of hydrogen-bond donors (Lipinski definition) is 3. The van der Waals surface area contributed by atoms with Crippen LogP contribution in [0.4, 0.5) is 39.8 Å². The first kappa shape index (κ1) is 24.9. The van der Waals surface area contributed by atoms with Gasteiger partial charge in [0, 0.05) is 17.8 Å². The first-order valence-corrected chi connectivity index (χ1v) is 10.2. The Hall–Kier alpha value is -3.73. The number of rotatable bonds is 7. The molecular formula is C23H23F4N5O2. The van der Waals surface area contributed by atoms with Gasteiger partial charge in [0.25, 0.3) is 0 Å². The van der Waals surface area contributed by atoms with Crippen LogP contribution in [0.15, 0.2) is 48.7 Å². The summed E-state index contributed by atoms with van der Waals surface area (Å²) in [7, 11) is 0. The molecule has 0 aliphatic rings. The molecular weight excluding hydrogens is 454 g/mol. The number of carbonyl (C=O) groups is 1. The van der Waals surface area contributed by atoms with E-state index in [9.17, 15) is 27.5 Å². The molecule has 0 bridgehead atoms. The number of nitrogens with zero attached hydrogens (tertiary/aromatic N) is 3. The molecule has 1 atom stereocenters. The Morgan fingerprint density at radius 3 is 2.35 bits per heavy atom. The van der Waals surface area contributed by atoms with Gasteiger partial charge < -0.3 is 15.7 Å². The van der Waals surface area contributed by atoms with E-state index in [4.69, 9.17) is 0 Å². The van der Waals surface area contributed by atoms with E-state index in [0.29, 0.717) is 6.07 Å². The maximum absolute atomic E-state index is 14.0. The maximum atomic E-state index is 14.0. The molecule has 0 saturated carbocycles. The fourth-order valence-electron chi connectivity index (χ4n) is 2.83. The predicted molar refractivity (Wildman–Crippen MR) is 119 cm³/mol. The first-order chi connectivity index (χ1) is 16.0. The van der Waals surface area contributed by atoms with E-state index in [2.05, 4.69) is 20.6 Å². The van der Waals surface area contributed by atoms with Crippen molar-refractivity contribution in [2.24, 2.45) is 0 Å². The van der Waals surface area contributed by atoms with Crippen LogP contribution >= 0.6 is 0 Å². The van der Waals surface area contributed by atoms with Crippen molar-refractivity contribution in [3.05, 3.63) is 77.5 Å². The van der Waals surface area contributed by atoms with Gasteiger partial charge in [-0.05, 0) is 57.2 Å². The molecule has 2 amide bonds. The highest BCUT2D eigenvalue weighted by Crippen LogP contribution is 2.26. The van der Waals surface area contributed by atoms with Crippen LogP contribution in [0.25, 0.3) is 0 Å². The van der Waals surface area contributed by atoms with Crippen LogP contribution in [0.5, 0.6) is 0 Å². The second-order valence-electron chi connectivity index (χ2n) is 8.05. The molecule has 0 aliphatic carbocycles. The molecule has 0 radical (unpaired) electrons. The molecule has 3 N–H and O–H groups in total. The molecule has 1 unspecified atom stereocenters. The lowest BCUT2D eigenvalue weighted by molar-refractivity contribution is 0.0646. The molecule has 0 fully saturated rings. The van der Waals surface area contributed by atoms with Crippen molar-refractivity contribution in [2.75, 3.05) is 10.2 Å². The zero-order valence-electron chi connectivity index (χ0n) is 18.6. The Morgan fingerprint density at radius 1 is 1.06 bits per heavy atom. The van der Waals surface area contributed by atoms with E-state index in [1.54, 1.807) is 20.8 Å². The quantitative estimate of drug-likeness (QED) is 0.340. The Morgan fingerprint density at radius 2 is 1.71 bits per heavy atom. The van der Waals surface area contributed by atoms with Crippen molar-refractivity contribution in [1.29, 1.82) is 0 Å². The minimum Gasteiger partial charge on any atom is -0.388 e. The van der Waals surface area contributed by atoms with Gasteiger partial charge >= 0.3 is 6.03 Å². The lowest BCUT2D eigenvalue weighted by Crippen LogP contribution is -2.40. The average Bonchev–Trinajstić information content (AvgIpc) is 2.77. The zero-order valence-corrected chi connectivity index (χ0v) is 18.6. The third kappa shape index (κ3) is 5.79. The standard InChI is InChI=1S/C23H23F4N5O2/c1-13(23(2,3)34)30-21-28-11-10-19(31-21)32(15-6-4-14(24)5-7-15)22(33)29-12-16-17(25)8-9-18(26)20(16)27/h4-11,13,34H,12H2,1-3H3,(H,29,33)(H,28,30,31). The molecule has 3 aromatic rings. The molecule has 3 rings (SSSR count). The highest BCUT2D eigenvalue weighted by molar-refractivity contribution is 5.98. The summed E-state index contributed by atoms with van der Waals surface area (Å²) in [6.07, 6.45) is 1.36. The SMILES string of the molecule is CC(Nc1nccc(N(C(=O)NCc2c(F)ccc(F)c2F)c2ccc(F)cc2)n1)C(C)(C)O. The van der Waals surface area contributed by atoms with Gasteiger partial charge in [-0.25, -0.2) is 32.2 Å². The minimum absolute atomic E-state index is 0.0461. The van der Waals surface area contributed by atoms with Gasteiger partial charge in [-0.2, -0.15) is 4.98 Å². The molecule has 11 heteroatoms. The van der Waals surface area contributed by atoms with Crippen molar-refractivity contribution in [1.82, 2.24) is 15.3 Å². The lowest BCUT2D eigenvalue weighted by Gasteiger charge is -2.27. The summed E-state index contributed by atoms with van der Waals surface area (Å²) >= 11 is 0. The molecule has 0 aliphatic heterocycles. The number of aliphatic hydroxyl groups is 1. The summed E-state index contributed by atoms with van der Waals surface area (Å²) in [6, 6.07) is 6.33. The van der Waals surface area contributed by atoms with Crippen LogP contribution < -0.4 is 15.5 Å². The summed E-state index contributed by atoms with van der Waals surface area (Å²) < 4.78 is 55.0. The Kier molecular flexibility index (Phi) is 7.35. The number of halogens is 4. The van der Waals surface area contributed by atoms with Gasteiger partial charge in [-0.3, -0.25) is 0 Å². The summed E-state index contributed by atoms with van der Waals surface area (Å²) in [5.74, 6) is -4.10. The smallest absolute Gasteiger partial charge is 0.327 e. The number of amides is 2. The highest BCUT2D eigenvalue weighted by Gasteiger charge is 2.25. The molecule has 1 heterocycles. The fourth-order valence-corrected chi connectivity index (χ4v) is 2.83. The first-order valence-electron chi connectivity index (χ1n) is 10.2. The van der Waals surface area contributed by atoms with Crippen molar-refractivity contribution >= 4 is 23.5 Å². The summed E-state index contributed by atoms with van der Waals surface area (Å²) in [5.41, 5.74) is -1.57. The second-order valence-corrected chi connectivity index (χ2v) is 8.05. The third-order valence-corrected chi connectivity index (χ3v) is 5.12. The van der Waals surface area contributed by atoms with Gasteiger partial charge in [-0.1, -0.05) is 0 Å². The molecule has 1 aromatic heterocycles. The number of hydrogen-bond acceptors (Lipinski definition) is 5. The number of urea groups is 1. The van der Waals surface area contributed by atoms with E-state index in [-0.39, 0.29) is 17.5 Å². The summed E-state index contributed by atoms with van der Waals surface area (Å²) in [6.45, 7) is 4.25. The summed E-state index contributed by atoms with van der Waals surface area (Å²) in [4.78, 5) is 22.5. The number of carbonyl (C=O) groups excluding carboxylic acids is 1. The Balaban J connectivity index is 1.92. The molecule has 7 nitrogen and oxygen atoms in total. The molecule has 2 aromatic carbocycles. The van der Waals surface area contributed by atoms with E-state index in [1.165, 1.54) is 24.4 Å². The zero-order chi connectivity index (χ0) is 25.0. The van der Waals surface area contributed by atoms with Crippen molar-refractivity contribution < 1.29 is 27.5 Å². The van der Waals surface area contributed by atoms with Crippen LogP contribution in [-0.2, 0) is 6.54 Å². The van der Waals surface area contributed by atoms with Crippen LogP contribution in [0.1, 0.15) is 26.3 Å². The number of benzene rings is 2. The van der Waals surface area contributed by atoms with Crippen LogP contribution in [0, 0.1) is 23.3 Å². The van der Waals surface area contributed by atoms with Gasteiger partial charge in [0.15, 0.2) is 11.6 Å². The van der Waals surface area contributed by atoms with Gasteiger partial charge in [0.1, 0.15) is 17.5 Å². The third-order valence-electron chi connectivity index (χ3n) is 5.12. The molecule has 34 heavy (non-hydrogen) atoms. The highest BCUT2D eigenvalue weighted by atomic mass is 19.2. The van der Waals surface area contributed by atoms with Gasteiger partial charge in [0.05, 0.1) is 23.9 Å². The maximum Gasteiger partial charge on any atom is 0.327 e. The molecule has 180 valence electrons. The number of anilines is 3. The summed E-state index contributed by atoms with van der Waals surface area (Å²) in [5, 5.41) is 15.4.